The number of aryl methyl sites for hydroxylation is 1. The van der Waals surface area contributed by atoms with E-state index >= 15 is 0 Å². The first-order valence-corrected chi connectivity index (χ1v) is 10.7. The molecule has 1 saturated heterocycles. The van der Waals surface area contributed by atoms with E-state index in [2.05, 4.69) is 40.3 Å². The molecule has 1 N–H and O–H groups in total. The fourth-order valence-electron chi connectivity index (χ4n) is 4.49. The Hall–Kier alpha value is -2.40. The molecular formula is C24H31N3O2. The van der Waals surface area contributed by atoms with Crippen molar-refractivity contribution >= 4 is 5.91 Å². The summed E-state index contributed by atoms with van der Waals surface area (Å²) >= 11 is 0. The molecular weight excluding hydrogens is 362 g/mol. The lowest BCUT2D eigenvalue weighted by Gasteiger charge is -2.37. The Morgan fingerprint density at radius 1 is 1.24 bits per heavy atom. The average Bonchev–Trinajstić information content (AvgIpc) is 3.58. The number of benzene rings is 1. The number of carbonyl (C=O) groups is 1. The Morgan fingerprint density at radius 2 is 2.10 bits per heavy atom. The molecule has 154 valence electrons. The topological polar surface area (TPSA) is 54.5 Å². The van der Waals surface area contributed by atoms with Crippen LogP contribution in [-0.2, 0) is 11.3 Å². The van der Waals surface area contributed by atoms with Crippen LogP contribution < -0.4 is 10.1 Å². The first-order chi connectivity index (χ1) is 14.2. The van der Waals surface area contributed by atoms with Crippen molar-refractivity contribution in [3.05, 3.63) is 59.4 Å². The minimum Gasteiger partial charge on any atom is -0.496 e. The van der Waals surface area contributed by atoms with Gasteiger partial charge in [0.2, 0.25) is 5.91 Å². The maximum Gasteiger partial charge on any atom is 0.223 e. The summed E-state index contributed by atoms with van der Waals surface area (Å²) in [5, 5.41) is 3.33. The summed E-state index contributed by atoms with van der Waals surface area (Å²) in [6, 6.07) is 12.3. The van der Waals surface area contributed by atoms with Gasteiger partial charge in [-0.15, -0.1) is 0 Å². The van der Waals surface area contributed by atoms with Crippen LogP contribution in [0, 0.1) is 18.8 Å². The number of likely N-dealkylation sites (tertiary alicyclic amines) is 1. The largest absolute Gasteiger partial charge is 0.496 e. The van der Waals surface area contributed by atoms with Crippen LogP contribution in [0.2, 0.25) is 0 Å². The molecule has 0 spiro atoms. The minimum absolute atomic E-state index is 0.0218. The average molecular weight is 394 g/mol. The van der Waals surface area contributed by atoms with Crippen LogP contribution in [0.4, 0.5) is 0 Å². The molecule has 4 rings (SSSR count). The molecule has 0 bridgehead atoms. The van der Waals surface area contributed by atoms with Crippen LogP contribution in [0.15, 0.2) is 42.6 Å². The molecule has 1 aromatic heterocycles. The smallest absolute Gasteiger partial charge is 0.223 e. The summed E-state index contributed by atoms with van der Waals surface area (Å²) in [6.45, 7) is 4.97. The first-order valence-electron chi connectivity index (χ1n) is 10.7. The van der Waals surface area contributed by atoms with E-state index in [0.717, 1.165) is 56.8 Å². The van der Waals surface area contributed by atoms with Gasteiger partial charge in [0.05, 0.1) is 18.8 Å². The molecule has 5 nitrogen and oxygen atoms in total. The minimum atomic E-state index is -0.0218. The summed E-state index contributed by atoms with van der Waals surface area (Å²) in [7, 11) is 1.75. The van der Waals surface area contributed by atoms with Crippen LogP contribution in [0.1, 0.15) is 48.5 Å². The summed E-state index contributed by atoms with van der Waals surface area (Å²) in [6.07, 6.45) is 6.09. The third-order valence-corrected chi connectivity index (χ3v) is 6.16. The summed E-state index contributed by atoms with van der Waals surface area (Å²) < 4.78 is 5.65. The maximum absolute atomic E-state index is 12.6. The SMILES string of the molecule is COc1c(C)cccc1CN1CCC[C@@H]([C@@H](NC(=O)C2CC2)c2ccccn2)C1. The van der Waals surface area contributed by atoms with E-state index in [1.165, 1.54) is 11.1 Å². The van der Waals surface area contributed by atoms with E-state index in [1.807, 2.05) is 24.4 Å². The van der Waals surface area contributed by atoms with Gasteiger partial charge in [-0.1, -0.05) is 24.3 Å². The quantitative estimate of drug-likeness (QED) is 0.776. The van der Waals surface area contributed by atoms with Crippen molar-refractivity contribution in [1.82, 2.24) is 15.2 Å². The number of nitrogens with zero attached hydrogens (tertiary/aromatic N) is 2. The lowest BCUT2D eigenvalue weighted by atomic mass is 9.88. The van der Waals surface area contributed by atoms with E-state index < -0.39 is 0 Å². The monoisotopic (exact) mass is 393 g/mol. The Morgan fingerprint density at radius 3 is 2.83 bits per heavy atom. The van der Waals surface area contributed by atoms with Crippen molar-refractivity contribution in [3.8, 4) is 5.75 Å². The molecule has 2 aromatic rings. The molecule has 1 aliphatic heterocycles. The van der Waals surface area contributed by atoms with Gasteiger partial charge in [0.25, 0.3) is 0 Å². The molecule has 0 radical (unpaired) electrons. The summed E-state index contributed by atoms with van der Waals surface area (Å²) in [5.74, 6) is 1.74. The molecule has 0 unspecified atom stereocenters. The maximum atomic E-state index is 12.6. The second-order valence-corrected chi connectivity index (χ2v) is 8.42. The molecule has 5 heteroatoms. The van der Waals surface area contributed by atoms with Gasteiger partial charge in [-0.25, -0.2) is 0 Å². The Balaban J connectivity index is 1.50. The van der Waals surface area contributed by atoms with Gasteiger partial charge in [0.1, 0.15) is 5.75 Å². The Labute approximate surface area is 173 Å². The molecule has 29 heavy (non-hydrogen) atoms. The molecule has 1 amide bonds. The number of hydrogen-bond acceptors (Lipinski definition) is 4. The van der Waals surface area contributed by atoms with Gasteiger partial charge < -0.3 is 10.1 Å². The second kappa shape index (κ2) is 8.95. The van der Waals surface area contributed by atoms with E-state index in [1.54, 1.807) is 7.11 Å². The van der Waals surface area contributed by atoms with Gasteiger partial charge in [-0.3, -0.25) is 14.7 Å². The molecule has 2 fully saturated rings. The van der Waals surface area contributed by atoms with E-state index in [0.29, 0.717) is 5.92 Å². The summed E-state index contributed by atoms with van der Waals surface area (Å²) in [5.41, 5.74) is 3.37. The third-order valence-electron chi connectivity index (χ3n) is 6.16. The van der Waals surface area contributed by atoms with Gasteiger partial charge in [0, 0.05) is 30.8 Å². The van der Waals surface area contributed by atoms with Crippen molar-refractivity contribution < 1.29 is 9.53 Å². The highest BCUT2D eigenvalue weighted by atomic mass is 16.5. The lowest BCUT2D eigenvalue weighted by Crippen LogP contribution is -2.43. The molecule has 2 aliphatic rings. The number of piperidine rings is 1. The van der Waals surface area contributed by atoms with Crippen molar-refractivity contribution in [2.24, 2.45) is 11.8 Å². The Bertz CT molecular complexity index is 835. The van der Waals surface area contributed by atoms with Crippen molar-refractivity contribution in [2.75, 3.05) is 20.2 Å². The highest BCUT2D eigenvalue weighted by molar-refractivity contribution is 5.81. The number of para-hydroxylation sites is 1. The lowest BCUT2D eigenvalue weighted by molar-refractivity contribution is -0.123. The fourth-order valence-corrected chi connectivity index (χ4v) is 4.49. The van der Waals surface area contributed by atoms with Crippen LogP contribution in [-0.4, -0.2) is 36.0 Å². The fraction of sp³-hybridized carbons (Fsp3) is 0.500. The molecule has 1 aromatic carbocycles. The third kappa shape index (κ3) is 4.78. The first kappa shape index (κ1) is 19.9. The normalized spacial score (nSPS) is 20.8. The van der Waals surface area contributed by atoms with Gasteiger partial charge in [-0.05, 0) is 62.8 Å². The number of aromatic nitrogens is 1. The van der Waals surface area contributed by atoms with Crippen molar-refractivity contribution in [3.63, 3.8) is 0 Å². The summed E-state index contributed by atoms with van der Waals surface area (Å²) in [4.78, 5) is 19.6. The number of amides is 1. The predicted octanol–water partition coefficient (Wildman–Crippen LogP) is 3.88. The highest BCUT2D eigenvalue weighted by Crippen LogP contribution is 2.34. The van der Waals surface area contributed by atoms with E-state index in [-0.39, 0.29) is 17.9 Å². The van der Waals surface area contributed by atoms with Crippen LogP contribution >= 0.6 is 0 Å². The molecule has 2 atom stereocenters. The van der Waals surface area contributed by atoms with Crippen LogP contribution in [0.3, 0.4) is 0 Å². The number of rotatable bonds is 7. The van der Waals surface area contributed by atoms with Gasteiger partial charge in [-0.2, -0.15) is 0 Å². The zero-order valence-electron chi connectivity index (χ0n) is 17.4. The zero-order chi connectivity index (χ0) is 20.2. The number of pyridine rings is 1. The molecule has 1 saturated carbocycles. The van der Waals surface area contributed by atoms with Crippen LogP contribution in [0.25, 0.3) is 0 Å². The number of nitrogens with one attached hydrogen (secondary N) is 1. The number of carbonyl (C=O) groups excluding carboxylic acids is 1. The van der Waals surface area contributed by atoms with E-state index in [9.17, 15) is 4.79 Å². The zero-order valence-corrected chi connectivity index (χ0v) is 17.4. The molecule has 1 aliphatic carbocycles. The standard InChI is InChI=1S/C24H31N3O2/c1-17-7-5-8-20(23(17)29-2)16-27-14-6-9-19(15-27)22(21-10-3-4-13-25-21)26-24(28)18-11-12-18/h3-5,7-8,10,13,18-19,22H,6,9,11-12,14-16H2,1-2H3,(H,26,28)/t19-,22-/m1/s1. The Kier molecular flexibility index (Phi) is 6.14. The molecule has 2 heterocycles. The van der Waals surface area contributed by atoms with Crippen molar-refractivity contribution in [2.45, 2.75) is 45.2 Å². The van der Waals surface area contributed by atoms with Crippen molar-refractivity contribution in [1.29, 1.82) is 0 Å². The number of ether oxygens (including phenoxy) is 1. The second-order valence-electron chi connectivity index (χ2n) is 8.42. The number of hydrogen-bond donors (Lipinski definition) is 1. The highest BCUT2D eigenvalue weighted by Gasteiger charge is 2.35. The van der Waals surface area contributed by atoms with Gasteiger partial charge >= 0.3 is 0 Å². The van der Waals surface area contributed by atoms with Gasteiger partial charge in [0.15, 0.2) is 0 Å². The van der Waals surface area contributed by atoms with E-state index in [4.69, 9.17) is 4.74 Å². The predicted molar refractivity (Wildman–Crippen MR) is 114 cm³/mol. The number of methoxy groups -OCH3 is 1. The van der Waals surface area contributed by atoms with Crippen LogP contribution in [0.5, 0.6) is 5.75 Å².